The summed E-state index contributed by atoms with van der Waals surface area (Å²) in [4.78, 5) is 2.09. The quantitative estimate of drug-likeness (QED) is 0.451. The van der Waals surface area contributed by atoms with Crippen LogP contribution in [0.15, 0.2) is 36.4 Å². The molecule has 0 aliphatic carbocycles. The fourth-order valence-corrected chi connectivity index (χ4v) is 1.76. The summed E-state index contributed by atoms with van der Waals surface area (Å²) in [5, 5.41) is 0. The molecule has 0 fully saturated rings. The summed E-state index contributed by atoms with van der Waals surface area (Å²) in [6, 6.07) is 8.62. The van der Waals surface area contributed by atoms with Gasteiger partial charge >= 0.3 is 0 Å². The zero-order valence-corrected chi connectivity index (χ0v) is 11.0. The van der Waals surface area contributed by atoms with Crippen LogP contribution < -0.4 is 16.2 Å². The molecule has 0 radical (unpaired) electrons. The summed E-state index contributed by atoms with van der Waals surface area (Å²) in [6.07, 6.45) is 1.96. The summed E-state index contributed by atoms with van der Waals surface area (Å²) in [6.45, 7) is 5.97. The van der Waals surface area contributed by atoms with Gasteiger partial charge in [0.2, 0.25) is 0 Å². The summed E-state index contributed by atoms with van der Waals surface area (Å²) in [5.41, 5.74) is 6.48. The van der Waals surface area contributed by atoms with Crippen molar-refractivity contribution in [3.8, 4) is 0 Å². The van der Waals surface area contributed by atoms with Crippen LogP contribution in [0.1, 0.15) is 31.4 Å². The second kappa shape index (κ2) is 6.42. The minimum absolute atomic E-state index is 0.187. The van der Waals surface area contributed by atoms with Gasteiger partial charge in [-0.15, -0.1) is 6.58 Å². The van der Waals surface area contributed by atoms with Gasteiger partial charge in [0.25, 0.3) is 0 Å². The van der Waals surface area contributed by atoms with Crippen LogP contribution in [0.3, 0.4) is 0 Å². The van der Waals surface area contributed by atoms with Crippen molar-refractivity contribution in [2.75, 3.05) is 19.0 Å². The van der Waals surface area contributed by atoms with Gasteiger partial charge in [0.1, 0.15) is 0 Å². The smallest absolute Gasteiger partial charge is 0.0463 e. The fourth-order valence-electron chi connectivity index (χ4n) is 1.76. The van der Waals surface area contributed by atoms with Crippen LogP contribution in [0.4, 0.5) is 5.69 Å². The Morgan fingerprint density at radius 1 is 1.47 bits per heavy atom. The maximum Gasteiger partial charge on any atom is 0.0463 e. The van der Waals surface area contributed by atoms with Crippen molar-refractivity contribution < 1.29 is 0 Å². The number of nitrogens with zero attached hydrogens (tertiary/aromatic N) is 1. The van der Waals surface area contributed by atoms with Crippen molar-refractivity contribution in [1.82, 2.24) is 5.43 Å². The molecule has 0 bridgehead atoms. The molecule has 1 rings (SSSR count). The Morgan fingerprint density at radius 3 is 2.71 bits per heavy atom. The van der Waals surface area contributed by atoms with Gasteiger partial charge in [-0.3, -0.25) is 11.3 Å². The number of nitrogens with one attached hydrogen (secondary N) is 1. The molecule has 3 heteroatoms. The Kier molecular flexibility index (Phi) is 5.19. The van der Waals surface area contributed by atoms with E-state index in [0.717, 1.165) is 12.8 Å². The molecule has 1 unspecified atom stereocenters. The third-order valence-electron chi connectivity index (χ3n) is 2.85. The maximum absolute atomic E-state index is 5.62. The van der Waals surface area contributed by atoms with Gasteiger partial charge < -0.3 is 4.90 Å². The molecular weight excluding hydrogens is 210 g/mol. The van der Waals surface area contributed by atoms with Gasteiger partial charge in [-0.25, -0.2) is 0 Å². The molecule has 0 spiro atoms. The van der Waals surface area contributed by atoms with Gasteiger partial charge in [0.15, 0.2) is 0 Å². The van der Waals surface area contributed by atoms with E-state index in [2.05, 4.69) is 41.2 Å². The van der Waals surface area contributed by atoms with Gasteiger partial charge in [-0.05, 0) is 37.5 Å². The maximum atomic E-state index is 5.62. The third kappa shape index (κ3) is 4.21. The van der Waals surface area contributed by atoms with Gasteiger partial charge in [-0.2, -0.15) is 0 Å². The van der Waals surface area contributed by atoms with E-state index in [-0.39, 0.29) is 6.04 Å². The Bertz CT molecular complexity index is 371. The average Bonchev–Trinajstić information content (AvgIpc) is 2.30. The third-order valence-corrected chi connectivity index (χ3v) is 2.85. The lowest BCUT2D eigenvalue weighted by Crippen LogP contribution is -2.28. The first-order valence-electron chi connectivity index (χ1n) is 5.92. The highest BCUT2D eigenvalue weighted by Gasteiger charge is 2.10. The van der Waals surface area contributed by atoms with Crippen molar-refractivity contribution in [2.24, 2.45) is 5.84 Å². The Morgan fingerprint density at radius 2 is 2.18 bits per heavy atom. The minimum Gasteiger partial charge on any atom is -0.378 e. The fraction of sp³-hybridized carbons (Fsp3) is 0.429. The lowest BCUT2D eigenvalue weighted by molar-refractivity contribution is 0.516. The lowest BCUT2D eigenvalue weighted by Gasteiger charge is -2.19. The molecule has 1 aromatic carbocycles. The van der Waals surface area contributed by atoms with E-state index in [1.54, 1.807) is 0 Å². The van der Waals surface area contributed by atoms with Crippen LogP contribution in [0.2, 0.25) is 0 Å². The molecule has 3 N–H and O–H groups in total. The number of hydrogen-bond donors (Lipinski definition) is 2. The van der Waals surface area contributed by atoms with E-state index < -0.39 is 0 Å². The standard InChI is InChI=1S/C14H23N3/c1-11(2)8-9-14(16-15)12-6-5-7-13(10-12)17(3)4/h5-7,10,14,16H,1,8-9,15H2,2-4H3. The van der Waals surface area contributed by atoms with E-state index >= 15 is 0 Å². The highest BCUT2D eigenvalue weighted by atomic mass is 15.2. The molecule has 17 heavy (non-hydrogen) atoms. The summed E-state index contributed by atoms with van der Waals surface area (Å²) in [7, 11) is 4.08. The highest BCUT2D eigenvalue weighted by Crippen LogP contribution is 2.23. The van der Waals surface area contributed by atoms with E-state index in [4.69, 9.17) is 5.84 Å². The molecule has 0 saturated heterocycles. The number of nitrogens with two attached hydrogens (primary N) is 1. The Balaban J connectivity index is 2.80. The summed E-state index contributed by atoms with van der Waals surface area (Å²) in [5.74, 6) is 5.62. The van der Waals surface area contributed by atoms with Crippen LogP contribution in [-0.2, 0) is 0 Å². The monoisotopic (exact) mass is 233 g/mol. The molecule has 0 aromatic heterocycles. The van der Waals surface area contributed by atoms with E-state index in [9.17, 15) is 0 Å². The molecular formula is C14H23N3. The van der Waals surface area contributed by atoms with Crippen molar-refractivity contribution in [1.29, 1.82) is 0 Å². The Hall–Kier alpha value is -1.32. The number of benzene rings is 1. The molecule has 0 aliphatic rings. The molecule has 0 amide bonds. The second-order valence-electron chi connectivity index (χ2n) is 4.70. The second-order valence-corrected chi connectivity index (χ2v) is 4.70. The summed E-state index contributed by atoms with van der Waals surface area (Å²) < 4.78 is 0. The van der Waals surface area contributed by atoms with Crippen molar-refractivity contribution >= 4 is 5.69 Å². The molecule has 1 aromatic rings. The van der Waals surface area contributed by atoms with E-state index in [1.165, 1.54) is 16.8 Å². The van der Waals surface area contributed by atoms with Crippen molar-refractivity contribution in [3.63, 3.8) is 0 Å². The lowest BCUT2D eigenvalue weighted by atomic mass is 10.00. The predicted octanol–water partition coefficient (Wildman–Crippen LogP) is 2.61. The first kappa shape index (κ1) is 13.7. The average molecular weight is 233 g/mol. The number of allylic oxidation sites excluding steroid dienone is 1. The Labute approximate surface area is 104 Å². The molecule has 0 saturated carbocycles. The van der Waals surface area contributed by atoms with Crippen LogP contribution in [0, 0.1) is 0 Å². The molecule has 0 aliphatic heterocycles. The number of hydrogen-bond acceptors (Lipinski definition) is 3. The highest BCUT2D eigenvalue weighted by molar-refractivity contribution is 5.47. The van der Waals surface area contributed by atoms with E-state index in [1.807, 2.05) is 21.0 Å². The van der Waals surface area contributed by atoms with Gasteiger partial charge in [0.05, 0.1) is 0 Å². The zero-order valence-electron chi connectivity index (χ0n) is 11.0. The largest absolute Gasteiger partial charge is 0.378 e. The van der Waals surface area contributed by atoms with Crippen LogP contribution in [-0.4, -0.2) is 14.1 Å². The first-order valence-corrected chi connectivity index (χ1v) is 5.92. The molecule has 0 heterocycles. The SMILES string of the molecule is C=C(C)CCC(NN)c1cccc(N(C)C)c1. The van der Waals surface area contributed by atoms with Gasteiger partial charge in [-0.1, -0.05) is 17.7 Å². The van der Waals surface area contributed by atoms with Crippen molar-refractivity contribution in [2.45, 2.75) is 25.8 Å². The van der Waals surface area contributed by atoms with Crippen LogP contribution in [0.25, 0.3) is 0 Å². The summed E-state index contributed by atoms with van der Waals surface area (Å²) >= 11 is 0. The topological polar surface area (TPSA) is 41.3 Å². The minimum atomic E-state index is 0.187. The normalized spacial score (nSPS) is 12.2. The number of rotatable bonds is 6. The van der Waals surface area contributed by atoms with Crippen LogP contribution in [0.5, 0.6) is 0 Å². The van der Waals surface area contributed by atoms with Crippen LogP contribution >= 0.6 is 0 Å². The molecule has 3 nitrogen and oxygen atoms in total. The zero-order chi connectivity index (χ0) is 12.8. The number of hydrazine groups is 1. The number of anilines is 1. The van der Waals surface area contributed by atoms with Gasteiger partial charge in [0, 0.05) is 25.8 Å². The predicted molar refractivity (Wildman–Crippen MR) is 74.9 cm³/mol. The molecule has 94 valence electrons. The molecule has 1 atom stereocenters. The van der Waals surface area contributed by atoms with Crippen molar-refractivity contribution in [3.05, 3.63) is 42.0 Å². The van der Waals surface area contributed by atoms with E-state index in [0.29, 0.717) is 0 Å². The first-order chi connectivity index (χ1) is 8.04.